The maximum Gasteiger partial charge on any atom is 0.313 e. The summed E-state index contributed by atoms with van der Waals surface area (Å²) >= 11 is 0. The van der Waals surface area contributed by atoms with Crippen LogP contribution < -0.4 is 4.74 Å². The summed E-state index contributed by atoms with van der Waals surface area (Å²) in [6.07, 6.45) is 1.45. The van der Waals surface area contributed by atoms with Gasteiger partial charge in [-0.05, 0) is 48.2 Å². The average molecular weight is 532 g/mol. The number of fused-ring (bicyclic) bond motifs is 1. The molecular formula is C24H35Cl2N3O6. The van der Waals surface area contributed by atoms with Crippen LogP contribution in [-0.2, 0) is 14.4 Å². The van der Waals surface area contributed by atoms with Crippen molar-refractivity contribution < 1.29 is 24.2 Å². The first kappa shape index (κ1) is 30.7. The molecule has 0 N–H and O–H groups in total. The van der Waals surface area contributed by atoms with E-state index >= 15 is 0 Å². The highest BCUT2D eigenvalue weighted by atomic mass is 35.5. The molecule has 1 atom stereocenters. The lowest BCUT2D eigenvalue weighted by atomic mass is 9.98. The van der Waals surface area contributed by atoms with Gasteiger partial charge in [0.25, 0.3) is 5.09 Å². The van der Waals surface area contributed by atoms with Crippen LogP contribution in [0.25, 0.3) is 10.8 Å². The molecule has 0 aromatic heterocycles. The van der Waals surface area contributed by atoms with Crippen LogP contribution in [0.2, 0.25) is 0 Å². The summed E-state index contributed by atoms with van der Waals surface area (Å²) in [4.78, 5) is 31.7. The van der Waals surface area contributed by atoms with E-state index in [0.717, 1.165) is 67.8 Å². The summed E-state index contributed by atoms with van der Waals surface area (Å²) < 4.78 is 10.8. The Labute approximate surface area is 218 Å². The van der Waals surface area contributed by atoms with Crippen molar-refractivity contribution in [3.63, 3.8) is 0 Å². The second-order valence-electron chi connectivity index (χ2n) is 8.31. The number of piperazine rings is 1. The summed E-state index contributed by atoms with van der Waals surface area (Å²) in [5, 5.41) is 11.6. The Hall–Kier alpha value is -2.33. The van der Waals surface area contributed by atoms with Crippen molar-refractivity contribution in [2.45, 2.75) is 25.7 Å². The third-order valence-electron chi connectivity index (χ3n) is 6.07. The number of carbonyl (C=O) groups excluding carboxylic acids is 1. The Bertz CT molecular complexity index is 941. The van der Waals surface area contributed by atoms with Crippen LogP contribution in [0.3, 0.4) is 0 Å². The minimum Gasteiger partial charge on any atom is -0.497 e. The van der Waals surface area contributed by atoms with E-state index < -0.39 is 5.09 Å². The minimum absolute atomic E-state index is 0. The van der Waals surface area contributed by atoms with E-state index in [1.807, 2.05) is 43.3 Å². The fourth-order valence-corrected chi connectivity index (χ4v) is 4.02. The molecule has 1 saturated heterocycles. The van der Waals surface area contributed by atoms with Gasteiger partial charge in [0.1, 0.15) is 5.75 Å². The highest BCUT2D eigenvalue weighted by Gasteiger charge is 2.19. The zero-order chi connectivity index (χ0) is 23.6. The summed E-state index contributed by atoms with van der Waals surface area (Å²) in [7, 11) is 1.65. The molecule has 3 rings (SSSR count). The fraction of sp³-hybridized carbons (Fsp3) is 0.542. The SMILES string of the molecule is COc1ccc2cc(C(C)C(=O)OCCCN3CCN(CCCO[N+](=O)[O-])CC3)ccc2c1.Cl.Cl. The summed E-state index contributed by atoms with van der Waals surface area (Å²) in [5.41, 5.74) is 0.942. The van der Waals surface area contributed by atoms with Crippen molar-refractivity contribution in [3.8, 4) is 5.75 Å². The van der Waals surface area contributed by atoms with Gasteiger partial charge in [0.05, 0.1) is 26.2 Å². The molecule has 196 valence electrons. The standard InChI is InChI=1S/C24H33N3O6.2ClH/c1-19(20-5-6-22-18-23(31-2)8-7-21(22)17-20)24(28)32-15-3-9-25-11-13-26(14-12-25)10-4-16-33-27(29)30;;/h5-8,17-19H,3-4,9-16H2,1-2H3;2*1H. The van der Waals surface area contributed by atoms with Crippen molar-refractivity contribution in [2.75, 3.05) is 59.6 Å². The highest BCUT2D eigenvalue weighted by Crippen LogP contribution is 2.25. The number of carbonyl (C=O) groups is 1. The van der Waals surface area contributed by atoms with Crippen LogP contribution in [0, 0.1) is 10.1 Å². The minimum atomic E-state index is -0.745. The predicted molar refractivity (Wildman–Crippen MR) is 139 cm³/mol. The number of halogens is 2. The summed E-state index contributed by atoms with van der Waals surface area (Å²) in [6, 6.07) is 11.9. The molecule has 0 saturated carbocycles. The van der Waals surface area contributed by atoms with Crippen LogP contribution in [0.5, 0.6) is 5.75 Å². The van der Waals surface area contributed by atoms with E-state index in [9.17, 15) is 14.9 Å². The summed E-state index contributed by atoms with van der Waals surface area (Å²) in [6.45, 7) is 7.88. The van der Waals surface area contributed by atoms with Crippen LogP contribution in [0.15, 0.2) is 36.4 Å². The molecule has 1 fully saturated rings. The average Bonchev–Trinajstić information content (AvgIpc) is 2.83. The molecule has 0 amide bonds. The quantitative estimate of drug-likeness (QED) is 0.176. The molecule has 2 aromatic carbocycles. The Morgan fingerprint density at radius 2 is 1.54 bits per heavy atom. The van der Waals surface area contributed by atoms with E-state index in [2.05, 4.69) is 14.6 Å². The third kappa shape index (κ3) is 9.68. The van der Waals surface area contributed by atoms with Gasteiger partial charge in [0.15, 0.2) is 0 Å². The zero-order valence-corrected chi connectivity index (χ0v) is 21.9. The molecule has 1 heterocycles. The molecule has 0 bridgehead atoms. The van der Waals surface area contributed by atoms with Crippen LogP contribution in [0.1, 0.15) is 31.2 Å². The number of benzene rings is 2. The normalized spacial score (nSPS) is 14.9. The first-order chi connectivity index (χ1) is 16.0. The van der Waals surface area contributed by atoms with Crippen molar-refractivity contribution in [2.24, 2.45) is 0 Å². The van der Waals surface area contributed by atoms with Gasteiger partial charge in [-0.25, -0.2) is 0 Å². The van der Waals surface area contributed by atoms with Crippen LogP contribution in [0.4, 0.5) is 0 Å². The Morgan fingerprint density at radius 1 is 0.971 bits per heavy atom. The molecule has 9 nitrogen and oxygen atoms in total. The molecule has 35 heavy (non-hydrogen) atoms. The molecule has 0 aliphatic carbocycles. The number of esters is 1. The monoisotopic (exact) mass is 531 g/mol. The van der Waals surface area contributed by atoms with E-state index in [1.165, 1.54) is 0 Å². The highest BCUT2D eigenvalue weighted by molar-refractivity contribution is 5.87. The van der Waals surface area contributed by atoms with Gasteiger partial charge in [-0.2, -0.15) is 0 Å². The molecule has 0 radical (unpaired) electrons. The lowest BCUT2D eigenvalue weighted by molar-refractivity contribution is -0.757. The second kappa shape index (κ2) is 15.6. The molecule has 0 spiro atoms. The molecule has 1 aliphatic heterocycles. The number of hydrogen-bond acceptors (Lipinski definition) is 8. The van der Waals surface area contributed by atoms with E-state index in [4.69, 9.17) is 9.47 Å². The van der Waals surface area contributed by atoms with Crippen molar-refractivity contribution >= 4 is 41.6 Å². The Balaban J connectivity index is 0.00000306. The lowest BCUT2D eigenvalue weighted by Crippen LogP contribution is -2.47. The summed E-state index contributed by atoms with van der Waals surface area (Å²) in [5.74, 6) is 0.287. The molecular weight excluding hydrogens is 497 g/mol. The molecule has 1 aliphatic rings. The molecule has 2 aromatic rings. The van der Waals surface area contributed by atoms with Crippen molar-refractivity contribution in [1.82, 2.24) is 9.80 Å². The molecule has 1 unspecified atom stereocenters. The number of rotatable bonds is 12. The van der Waals surface area contributed by atoms with Gasteiger partial charge in [0, 0.05) is 39.3 Å². The van der Waals surface area contributed by atoms with E-state index in [-0.39, 0.29) is 43.3 Å². The Morgan fingerprint density at radius 3 is 2.14 bits per heavy atom. The van der Waals surface area contributed by atoms with E-state index in [0.29, 0.717) is 13.0 Å². The van der Waals surface area contributed by atoms with Gasteiger partial charge in [-0.3, -0.25) is 4.79 Å². The first-order valence-corrected chi connectivity index (χ1v) is 11.4. The first-order valence-electron chi connectivity index (χ1n) is 11.4. The number of ether oxygens (including phenoxy) is 2. The van der Waals surface area contributed by atoms with Gasteiger partial charge < -0.3 is 24.1 Å². The maximum atomic E-state index is 12.5. The van der Waals surface area contributed by atoms with Gasteiger partial charge in [0.2, 0.25) is 0 Å². The topological polar surface area (TPSA) is 94.4 Å². The predicted octanol–water partition coefficient (Wildman–Crippen LogP) is 3.94. The lowest BCUT2D eigenvalue weighted by Gasteiger charge is -2.34. The zero-order valence-electron chi connectivity index (χ0n) is 20.2. The van der Waals surface area contributed by atoms with Crippen LogP contribution in [-0.4, -0.2) is 80.4 Å². The maximum absolute atomic E-state index is 12.5. The fourth-order valence-electron chi connectivity index (χ4n) is 4.02. The van der Waals surface area contributed by atoms with E-state index in [1.54, 1.807) is 7.11 Å². The van der Waals surface area contributed by atoms with Gasteiger partial charge in [-0.1, -0.05) is 24.3 Å². The molecule has 11 heteroatoms. The van der Waals surface area contributed by atoms with Gasteiger partial charge >= 0.3 is 5.97 Å². The smallest absolute Gasteiger partial charge is 0.313 e. The third-order valence-corrected chi connectivity index (χ3v) is 6.07. The van der Waals surface area contributed by atoms with Gasteiger partial charge in [-0.15, -0.1) is 34.9 Å². The van der Waals surface area contributed by atoms with Crippen molar-refractivity contribution in [3.05, 3.63) is 52.1 Å². The number of nitrogens with zero attached hydrogens (tertiary/aromatic N) is 3. The van der Waals surface area contributed by atoms with Crippen LogP contribution >= 0.6 is 24.8 Å². The van der Waals surface area contributed by atoms with Crippen molar-refractivity contribution in [1.29, 1.82) is 0 Å². The largest absolute Gasteiger partial charge is 0.497 e. The number of methoxy groups -OCH3 is 1. The Kier molecular flexibility index (Phi) is 13.7. The number of hydrogen-bond donors (Lipinski definition) is 0. The second-order valence-corrected chi connectivity index (χ2v) is 8.31.